The van der Waals surface area contributed by atoms with Crippen molar-refractivity contribution in [1.82, 2.24) is 5.32 Å². The molecular formula is C13H19NO2. The van der Waals surface area contributed by atoms with E-state index in [0.29, 0.717) is 6.54 Å². The third-order valence-corrected chi connectivity index (χ3v) is 2.93. The zero-order valence-electron chi connectivity index (χ0n) is 10.1. The number of hydrogen-bond acceptors (Lipinski definition) is 2. The van der Waals surface area contributed by atoms with E-state index in [4.69, 9.17) is 0 Å². The fraction of sp³-hybridized carbons (Fsp3) is 0.462. The monoisotopic (exact) mass is 221 g/mol. The molecule has 0 atom stereocenters. The van der Waals surface area contributed by atoms with Crippen LogP contribution in [0, 0.1) is 5.41 Å². The molecule has 3 heteroatoms. The molecule has 0 fully saturated rings. The first-order valence-corrected chi connectivity index (χ1v) is 5.52. The van der Waals surface area contributed by atoms with Crippen LogP contribution in [0.1, 0.15) is 32.8 Å². The molecule has 2 N–H and O–H groups in total. The first-order chi connectivity index (χ1) is 7.47. The lowest BCUT2D eigenvalue weighted by molar-refractivity contribution is -0.129. The fourth-order valence-corrected chi connectivity index (χ4v) is 1.24. The molecule has 88 valence electrons. The van der Waals surface area contributed by atoms with Gasteiger partial charge in [-0.1, -0.05) is 39.0 Å². The Morgan fingerprint density at radius 1 is 1.38 bits per heavy atom. The molecule has 0 aliphatic carbocycles. The van der Waals surface area contributed by atoms with Gasteiger partial charge in [-0.15, -0.1) is 0 Å². The Labute approximate surface area is 96.5 Å². The van der Waals surface area contributed by atoms with Crippen molar-refractivity contribution >= 4 is 5.91 Å². The molecule has 0 aliphatic heterocycles. The van der Waals surface area contributed by atoms with Crippen LogP contribution >= 0.6 is 0 Å². The summed E-state index contributed by atoms with van der Waals surface area (Å²) < 4.78 is 0. The second-order valence-electron chi connectivity index (χ2n) is 4.55. The maximum absolute atomic E-state index is 11.8. The van der Waals surface area contributed by atoms with Crippen LogP contribution in [0.4, 0.5) is 0 Å². The van der Waals surface area contributed by atoms with Crippen molar-refractivity contribution in [3.8, 4) is 5.75 Å². The highest BCUT2D eigenvalue weighted by Crippen LogP contribution is 2.20. The molecule has 1 aromatic carbocycles. The summed E-state index contributed by atoms with van der Waals surface area (Å²) in [7, 11) is 0. The summed E-state index contributed by atoms with van der Waals surface area (Å²) in [4.78, 5) is 11.8. The minimum absolute atomic E-state index is 0.0123. The smallest absolute Gasteiger partial charge is 0.225 e. The van der Waals surface area contributed by atoms with Gasteiger partial charge in [-0.2, -0.15) is 0 Å². The average Bonchev–Trinajstić information content (AvgIpc) is 2.27. The molecule has 1 rings (SSSR count). The third-order valence-electron chi connectivity index (χ3n) is 2.93. The van der Waals surface area contributed by atoms with E-state index in [2.05, 4.69) is 5.32 Å². The number of nitrogens with one attached hydrogen (secondary N) is 1. The van der Waals surface area contributed by atoms with Gasteiger partial charge >= 0.3 is 0 Å². The van der Waals surface area contributed by atoms with Crippen molar-refractivity contribution < 1.29 is 9.90 Å². The van der Waals surface area contributed by atoms with Gasteiger partial charge in [-0.3, -0.25) is 4.79 Å². The predicted molar refractivity (Wildman–Crippen MR) is 64.0 cm³/mol. The lowest BCUT2D eigenvalue weighted by atomic mass is 9.89. The van der Waals surface area contributed by atoms with E-state index in [-0.39, 0.29) is 17.1 Å². The Bertz CT molecular complexity index is 372. The van der Waals surface area contributed by atoms with Gasteiger partial charge in [0.2, 0.25) is 5.91 Å². The Morgan fingerprint density at radius 3 is 2.56 bits per heavy atom. The maximum atomic E-state index is 11.8. The average molecular weight is 221 g/mol. The van der Waals surface area contributed by atoms with Crippen LogP contribution in [0.15, 0.2) is 24.3 Å². The summed E-state index contributed by atoms with van der Waals surface area (Å²) in [6.45, 7) is 6.18. The Morgan fingerprint density at radius 2 is 2.00 bits per heavy atom. The molecule has 0 saturated heterocycles. The quantitative estimate of drug-likeness (QED) is 0.820. The number of benzene rings is 1. The fourth-order valence-electron chi connectivity index (χ4n) is 1.24. The SMILES string of the molecule is CCC(C)(C)C(=O)NCc1ccccc1O. The lowest BCUT2D eigenvalue weighted by Crippen LogP contribution is -2.35. The van der Waals surface area contributed by atoms with Crippen molar-refractivity contribution in [1.29, 1.82) is 0 Å². The largest absolute Gasteiger partial charge is 0.508 e. The number of rotatable bonds is 4. The first kappa shape index (κ1) is 12.6. The minimum atomic E-state index is -0.357. The highest BCUT2D eigenvalue weighted by atomic mass is 16.3. The molecule has 0 heterocycles. The summed E-state index contributed by atoms with van der Waals surface area (Å²) in [6.07, 6.45) is 0.791. The normalized spacial score (nSPS) is 11.2. The van der Waals surface area contributed by atoms with E-state index in [1.54, 1.807) is 18.2 Å². The number of phenols is 1. The van der Waals surface area contributed by atoms with Crippen molar-refractivity contribution in [2.75, 3.05) is 0 Å². The molecule has 3 nitrogen and oxygen atoms in total. The van der Waals surface area contributed by atoms with Crippen LogP contribution in [0.2, 0.25) is 0 Å². The number of amides is 1. The molecule has 0 saturated carbocycles. The number of carbonyl (C=O) groups excluding carboxylic acids is 1. The van der Waals surface area contributed by atoms with Gasteiger partial charge in [-0.25, -0.2) is 0 Å². The zero-order valence-corrected chi connectivity index (χ0v) is 10.1. The molecule has 1 aromatic rings. The number of para-hydroxylation sites is 1. The van der Waals surface area contributed by atoms with Crippen LogP contribution < -0.4 is 5.32 Å². The van der Waals surface area contributed by atoms with Gasteiger partial charge in [0.15, 0.2) is 0 Å². The second-order valence-corrected chi connectivity index (χ2v) is 4.55. The summed E-state index contributed by atoms with van der Waals surface area (Å²) >= 11 is 0. The van der Waals surface area contributed by atoms with Crippen LogP contribution in [0.3, 0.4) is 0 Å². The van der Waals surface area contributed by atoms with Crippen molar-refractivity contribution in [2.24, 2.45) is 5.41 Å². The van der Waals surface area contributed by atoms with E-state index < -0.39 is 0 Å². The van der Waals surface area contributed by atoms with Crippen molar-refractivity contribution in [3.05, 3.63) is 29.8 Å². The second kappa shape index (κ2) is 5.01. The van der Waals surface area contributed by atoms with E-state index in [1.165, 1.54) is 0 Å². The van der Waals surface area contributed by atoms with E-state index >= 15 is 0 Å². The van der Waals surface area contributed by atoms with Gasteiger partial charge < -0.3 is 10.4 Å². The summed E-state index contributed by atoms with van der Waals surface area (Å²) in [5.74, 6) is 0.232. The van der Waals surface area contributed by atoms with Gasteiger partial charge in [0.25, 0.3) is 0 Å². The van der Waals surface area contributed by atoms with Crippen molar-refractivity contribution in [3.63, 3.8) is 0 Å². The highest BCUT2D eigenvalue weighted by Gasteiger charge is 2.24. The Hall–Kier alpha value is -1.51. The van der Waals surface area contributed by atoms with Gasteiger partial charge in [0.05, 0.1) is 0 Å². The molecule has 0 bridgehead atoms. The summed E-state index contributed by atoms with van der Waals surface area (Å²) in [6, 6.07) is 7.02. The van der Waals surface area contributed by atoms with Crippen LogP contribution in [0.25, 0.3) is 0 Å². The van der Waals surface area contributed by atoms with E-state index in [9.17, 15) is 9.90 Å². The lowest BCUT2D eigenvalue weighted by Gasteiger charge is -2.21. The topological polar surface area (TPSA) is 49.3 Å². The van der Waals surface area contributed by atoms with E-state index in [1.807, 2.05) is 26.8 Å². The zero-order chi connectivity index (χ0) is 12.2. The molecule has 0 unspecified atom stereocenters. The molecule has 0 aromatic heterocycles. The summed E-state index contributed by atoms with van der Waals surface area (Å²) in [5, 5.41) is 12.4. The number of hydrogen-bond donors (Lipinski definition) is 2. The third kappa shape index (κ3) is 2.99. The van der Waals surface area contributed by atoms with Crippen molar-refractivity contribution in [2.45, 2.75) is 33.7 Å². The number of phenolic OH excluding ortho intramolecular Hbond substituents is 1. The molecule has 0 radical (unpaired) electrons. The Balaban J connectivity index is 2.59. The highest BCUT2D eigenvalue weighted by molar-refractivity contribution is 5.81. The molecule has 0 aliphatic rings. The molecule has 0 spiro atoms. The predicted octanol–water partition coefficient (Wildman–Crippen LogP) is 2.44. The van der Waals surface area contributed by atoms with Gasteiger partial charge in [0, 0.05) is 17.5 Å². The van der Waals surface area contributed by atoms with Crippen LogP contribution in [-0.2, 0) is 11.3 Å². The van der Waals surface area contributed by atoms with Gasteiger partial charge in [-0.05, 0) is 12.5 Å². The number of aromatic hydroxyl groups is 1. The maximum Gasteiger partial charge on any atom is 0.225 e. The summed E-state index contributed by atoms with van der Waals surface area (Å²) in [5.41, 5.74) is 0.382. The van der Waals surface area contributed by atoms with Crippen LogP contribution in [0.5, 0.6) is 5.75 Å². The minimum Gasteiger partial charge on any atom is -0.508 e. The van der Waals surface area contributed by atoms with Gasteiger partial charge in [0.1, 0.15) is 5.75 Å². The first-order valence-electron chi connectivity index (χ1n) is 5.52. The number of carbonyl (C=O) groups is 1. The molecular weight excluding hydrogens is 202 g/mol. The van der Waals surface area contributed by atoms with E-state index in [0.717, 1.165) is 12.0 Å². The standard InChI is InChI=1S/C13H19NO2/c1-4-13(2,3)12(16)14-9-10-7-5-6-8-11(10)15/h5-8,15H,4,9H2,1-3H3,(H,14,16). The molecule has 16 heavy (non-hydrogen) atoms. The Kier molecular flexibility index (Phi) is 3.93. The van der Waals surface area contributed by atoms with Crippen LogP contribution in [-0.4, -0.2) is 11.0 Å². The molecule has 1 amide bonds.